The van der Waals surface area contributed by atoms with Crippen molar-refractivity contribution in [3.05, 3.63) is 17.5 Å². The maximum Gasteiger partial charge on any atom is 0.341 e. The molecule has 1 unspecified atom stereocenters. The van der Waals surface area contributed by atoms with E-state index < -0.39 is 0 Å². The molecular formula is C21H32N6O2. The third kappa shape index (κ3) is 3.71. The van der Waals surface area contributed by atoms with Gasteiger partial charge in [-0.05, 0) is 26.8 Å². The van der Waals surface area contributed by atoms with E-state index in [1.807, 2.05) is 20.9 Å². The molecule has 0 amide bonds. The lowest BCUT2D eigenvalue weighted by atomic mass is 10.1. The van der Waals surface area contributed by atoms with Crippen molar-refractivity contribution >= 4 is 22.7 Å². The van der Waals surface area contributed by atoms with Crippen LogP contribution in [0.25, 0.3) is 11.0 Å². The van der Waals surface area contributed by atoms with E-state index in [2.05, 4.69) is 31.7 Å². The van der Waals surface area contributed by atoms with E-state index >= 15 is 0 Å². The molecule has 0 bridgehead atoms. The second kappa shape index (κ2) is 8.28. The van der Waals surface area contributed by atoms with Crippen molar-refractivity contribution in [3.8, 4) is 0 Å². The molecule has 8 nitrogen and oxygen atoms in total. The molecule has 2 aromatic rings. The van der Waals surface area contributed by atoms with Crippen LogP contribution < -0.4 is 4.90 Å². The van der Waals surface area contributed by atoms with Gasteiger partial charge in [-0.1, -0.05) is 6.92 Å². The molecule has 2 fully saturated rings. The zero-order valence-electron chi connectivity index (χ0n) is 18.0. The Kier molecular flexibility index (Phi) is 5.74. The molecule has 0 saturated carbocycles. The van der Waals surface area contributed by atoms with Crippen LogP contribution in [-0.4, -0.2) is 89.0 Å². The van der Waals surface area contributed by atoms with E-state index in [1.165, 1.54) is 0 Å². The molecule has 29 heavy (non-hydrogen) atoms. The maximum atomic E-state index is 12.7. The predicted molar refractivity (Wildman–Crippen MR) is 114 cm³/mol. The van der Waals surface area contributed by atoms with Gasteiger partial charge in [-0.25, -0.2) is 9.78 Å². The first-order chi connectivity index (χ1) is 14.0. The van der Waals surface area contributed by atoms with E-state index in [4.69, 9.17) is 4.74 Å². The van der Waals surface area contributed by atoms with Crippen LogP contribution in [0, 0.1) is 6.92 Å². The van der Waals surface area contributed by atoms with Gasteiger partial charge in [0.15, 0.2) is 5.65 Å². The fourth-order valence-electron chi connectivity index (χ4n) is 4.77. The number of carbonyl (C=O) groups is 1. The Morgan fingerprint density at radius 1 is 1.21 bits per heavy atom. The highest BCUT2D eigenvalue weighted by Gasteiger charge is 2.33. The van der Waals surface area contributed by atoms with Crippen LogP contribution in [0.3, 0.4) is 0 Å². The molecule has 2 aliphatic heterocycles. The zero-order valence-corrected chi connectivity index (χ0v) is 18.0. The molecule has 2 aliphatic rings. The first kappa shape index (κ1) is 20.1. The minimum absolute atomic E-state index is 0.305. The Balaban J connectivity index is 1.64. The Bertz CT molecular complexity index is 887. The van der Waals surface area contributed by atoms with Crippen LogP contribution in [0.5, 0.6) is 0 Å². The number of carbonyl (C=O) groups excluding carboxylic acids is 1. The number of ether oxygens (including phenoxy) is 1. The Morgan fingerprint density at radius 2 is 1.97 bits per heavy atom. The maximum absolute atomic E-state index is 12.7. The van der Waals surface area contributed by atoms with Crippen molar-refractivity contribution in [3.63, 3.8) is 0 Å². The van der Waals surface area contributed by atoms with Crippen molar-refractivity contribution in [2.45, 2.75) is 33.2 Å². The second-order valence-corrected chi connectivity index (χ2v) is 8.01. The lowest BCUT2D eigenvalue weighted by Crippen LogP contribution is -2.50. The number of hydrogen-bond donors (Lipinski definition) is 0. The first-order valence-corrected chi connectivity index (χ1v) is 10.7. The normalized spacial score (nSPS) is 21.2. The number of hydrogen-bond acceptors (Lipinski definition) is 7. The van der Waals surface area contributed by atoms with E-state index in [0.29, 0.717) is 18.2 Å². The van der Waals surface area contributed by atoms with Gasteiger partial charge >= 0.3 is 5.97 Å². The molecule has 4 heterocycles. The predicted octanol–water partition coefficient (Wildman–Crippen LogP) is 1.67. The average Bonchev–Trinajstić information content (AvgIpc) is 3.33. The number of piperazine rings is 1. The van der Waals surface area contributed by atoms with E-state index in [1.54, 1.807) is 10.9 Å². The number of fused-ring (bicyclic) bond motifs is 1. The molecule has 158 valence electrons. The van der Waals surface area contributed by atoms with Gasteiger partial charge in [0.05, 0.1) is 23.4 Å². The SMILES string of the molecule is CCOC(=O)c1cnc2c(c(C)nn2C)c1N1CCC(N2CCN(CC)CC2)C1. The second-order valence-electron chi connectivity index (χ2n) is 8.01. The fourth-order valence-corrected chi connectivity index (χ4v) is 4.77. The summed E-state index contributed by atoms with van der Waals surface area (Å²) in [6.07, 6.45) is 2.77. The number of rotatable bonds is 5. The summed E-state index contributed by atoms with van der Waals surface area (Å²) in [4.78, 5) is 24.7. The number of pyridine rings is 1. The molecule has 0 aliphatic carbocycles. The summed E-state index contributed by atoms with van der Waals surface area (Å²) in [6.45, 7) is 13.9. The molecule has 0 radical (unpaired) electrons. The topological polar surface area (TPSA) is 66.7 Å². The average molecular weight is 401 g/mol. The van der Waals surface area contributed by atoms with Crippen LogP contribution in [0.2, 0.25) is 0 Å². The summed E-state index contributed by atoms with van der Waals surface area (Å²) in [5, 5.41) is 5.52. The monoisotopic (exact) mass is 400 g/mol. The van der Waals surface area contributed by atoms with Crippen molar-refractivity contribution in [1.82, 2.24) is 24.6 Å². The molecule has 0 spiro atoms. The minimum Gasteiger partial charge on any atom is -0.462 e. The highest BCUT2D eigenvalue weighted by molar-refractivity contribution is 6.05. The summed E-state index contributed by atoms with van der Waals surface area (Å²) < 4.78 is 7.13. The molecule has 2 aromatic heterocycles. The third-order valence-corrected chi connectivity index (χ3v) is 6.35. The number of nitrogens with zero attached hydrogens (tertiary/aromatic N) is 6. The van der Waals surface area contributed by atoms with Gasteiger partial charge in [0.1, 0.15) is 5.56 Å². The van der Waals surface area contributed by atoms with Crippen molar-refractivity contribution in [2.24, 2.45) is 7.05 Å². The largest absolute Gasteiger partial charge is 0.462 e. The smallest absolute Gasteiger partial charge is 0.341 e. The number of aryl methyl sites for hydroxylation is 2. The van der Waals surface area contributed by atoms with Crippen LogP contribution in [0.1, 0.15) is 36.3 Å². The van der Waals surface area contributed by atoms with E-state index in [-0.39, 0.29) is 5.97 Å². The molecule has 4 rings (SSSR count). The Morgan fingerprint density at radius 3 is 2.66 bits per heavy atom. The number of likely N-dealkylation sites (N-methyl/N-ethyl adjacent to an activating group) is 1. The molecule has 8 heteroatoms. The minimum atomic E-state index is -0.305. The summed E-state index contributed by atoms with van der Waals surface area (Å²) in [5.74, 6) is -0.305. The molecule has 0 N–H and O–H groups in total. The van der Waals surface area contributed by atoms with Crippen LogP contribution >= 0.6 is 0 Å². The van der Waals surface area contributed by atoms with Crippen molar-refractivity contribution < 1.29 is 9.53 Å². The fraction of sp³-hybridized carbons (Fsp3) is 0.667. The van der Waals surface area contributed by atoms with Gasteiger partial charge in [-0.2, -0.15) is 5.10 Å². The quantitative estimate of drug-likeness (QED) is 0.707. The number of esters is 1. The molecule has 2 saturated heterocycles. The summed E-state index contributed by atoms with van der Waals surface area (Å²) >= 11 is 0. The number of aromatic nitrogens is 3. The van der Waals surface area contributed by atoms with Gasteiger partial charge in [0, 0.05) is 58.6 Å². The lowest BCUT2D eigenvalue weighted by Gasteiger charge is -2.37. The Hall–Kier alpha value is -2.19. The summed E-state index contributed by atoms with van der Waals surface area (Å²) in [7, 11) is 1.90. The third-order valence-electron chi connectivity index (χ3n) is 6.35. The lowest BCUT2D eigenvalue weighted by molar-refractivity contribution is 0.0527. The van der Waals surface area contributed by atoms with Gasteiger partial charge in [0.2, 0.25) is 0 Å². The van der Waals surface area contributed by atoms with Gasteiger partial charge in [0.25, 0.3) is 0 Å². The van der Waals surface area contributed by atoms with Crippen LogP contribution in [0.15, 0.2) is 6.20 Å². The van der Waals surface area contributed by atoms with Gasteiger partial charge in [-0.3, -0.25) is 9.58 Å². The molecule has 1 atom stereocenters. The van der Waals surface area contributed by atoms with Crippen molar-refractivity contribution in [1.29, 1.82) is 0 Å². The van der Waals surface area contributed by atoms with Crippen molar-refractivity contribution in [2.75, 3.05) is 57.3 Å². The zero-order chi connectivity index (χ0) is 20.5. The van der Waals surface area contributed by atoms with E-state index in [0.717, 1.165) is 74.6 Å². The van der Waals surface area contributed by atoms with Gasteiger partial charge < -0.3 is 14.5 Å². The highest BCUT2D eigenvalue weighted by Crippen LogP contribution is 2.35. The first-order valence-electron chi connectivity index (χ1n) is 10.7. The van der Waals surface area contributed by atoms with E-state index in [9.17, 15) is 4.79 Å². The molecule has 0 aromatic carbocycles. The number of anilines is 1. The Labute approximate surface area is 172 Å². The summed E-state index contributed by atoms with van der Waals surface area (Å²) in [6, 6.07) is 0.518. The standard InChI is InChI=1S/C21H32N6O2/c1-5-25-9-11-26(12-10-25)16-7-8-27(14-16)19-17(21(28)29-6-2)13-22-20-18(19)15(3)23-24(20)4/h13,16H,5-12,14H2,1-4H3. The highest BCUT2D eigenvalue weighted by atomic mass is 16.5. The summed E-state index contributed by atoms with van der Waals surface area (Å²) in [5.41, 5.74) is 3.20. The van der Waals surface area contributed by atoms with Gasteiger partial charge in [-0.15, -0.1) is 0 Å². The van der Waals surface area contributed by atoms with Crippen LogP contribution in [-0.2, 0) is 11.8 Å². The van der Waals surface area contributed by atoms with Crippen LogP contribution in [0.4, 0.5) is 5.69 Å². The molecular weight excluding hydrogens is 368 g/mol.